The minimum absolute atomic E-state index is 0.138. The lowest BCUT2D eigenvalue weighted by Crippen LogP contribution is -2.59. The third-order valence-electron chi connectivity index (χ3n) is 9.47. The molecule has 8 heterocycles. The van der Waals surface area contributed by atoms with E-state index in [0.29, 0.717) is 11.9 Å². The lowest BCUT2D eigenvalue weighted by molar-refractivity contribution is 0.368. The fourth-order valence-corrected chi connectivity index (χ4v) is 7.18. The summed E-state index contributed by atoms with van der Waals surface area (Å²) < 4.78 is 4.16. The van der Waals surface area contributed by atoms with Crippen LogP contribution in [0.4, 0.5) is 23.5 Å². The fourth-order valence-electron chi connectivity index (χ4n) is 7.18. The summed E-state index contributed by atoms with van der Waals surface area (Å²) in [5.41, 5.74) is 4.77. The minimum Gasteiger partial charge on any atom is -0.352 e. The molecule has 2 aliphatic rings. The van der Waals surface area contributed by atoms with Gasteiger partial charge < -0.3 is 21.3 Å². The molecule has 0 atom stereocenters. The molecule has 0 spiro atoms. The van der Waals surface area contributed by atoms with Gasteiger partial charge in [0.05, 0.1) is 47.3 Å². The Hall–Kier alpha value is -5.48. The molecule has 6 aromatic rings. The summed E-state index contributed by atoms with van der Waals surface area (Å²) in [7, 11) is 0. The summed E-state index contributed by atoms with van der Waals surface area (Å²) in [6.45, 7) is 11.9. The van der Waals surface area contributed by atoms with E-state index >= 15 is 0 Å². The first-order chi connectivity index (χ1) is 25.4. The summed E-state index contributed by atoms with van der Waals surface area (Å²) >= 11 is 0. The molecule has 0 unspecified atom stereocenters. The van der Waals surface area contributed by atoms with Crippen LogP contribution in [0.3, 0.4) is 0 Å². The quantitative estimate of drug-likeness (QED) is 0.143. The van der Waals surface area contributed by atoms with Crippen LogP contribution in [0.1, 0.15) is 53.4 Å². The molecule has 2 aliphatic heterocycles. The molecule has 4 N–H and O–H groups in total. The Labute approximate surface area is 302 Å². The number of aromatic nitrogens is 10. The topological polar surface area (TPSA) is 167 Å². The molecular weight excluding hydrogens is 657 g/mol. The van der Waals surface area contributed by atoms with Gasteiger partial charge in [0.2, 0.25) is 11.9 Å². The van der Waals surface area contributed by atoms with Crippen LogP contribution in [0, 0.1) is 0 Å². The van der Waals surface area contributed by atoms with Gasteiger partial charge in [0.1, 0.15) is 0 Å². The number of imidazole rings is 2. The van der Waals surface area contributed by atoms with Crippen molar-refractivity contribution in [3.8, 4) is 22.8 Å². The van der Waals surface area contributed by atoms with Gasteiger partial charge in [0, 0.05) is 49.3 Å². The SMILES string of the molecule is CC(C)Nc1nccc(-c2cnc3c(N(C4CCNCC4)N(c4nccn5c(-c6ccnc(NC(C)C)n6)cnc45)C4CCNCC4)nccn23)n1. The van der Waals surface area contributed by atoms with Crippen molar-refractivity contribution in [1.82, 2.24) is 59.3 Å². The van der Waals surface area contributed by atoms with Crippen molar-refractivity contribution in [2.75, 3.05) is 46.8 Å². The highest BCUT2D eigenvalue weighted by Gasteiger charge is 2.37. The van der Waals surface area contributed by atoms with E-state index in [1.807, 2.05) is 49.3 Å². The molecule has 2 fully saturated rings. The van der Waals surface area contributed by atoms with Gasteiger partial charge in [-0.15, -0.1) is 0 Å². The van der Waals surface area contributed by atoms with Gasteiger partial charge in [-0.3, -0.25) is 18.8 Å². The molecule has 0 aromatic carbocycles. The largest absolute Gasteiger partial charge is 0.352 e. The van der Waals surface area contributed by atoms with Crippen molar-refractivity contribution in [2.24, 2.45) is 0 Å². The van der Waals surface area contributed by atoms with Crippen LogP contribution in [-0.4, -0.2) is 99.0 Å². The third-order valence-corrected chi connectivity index (χ3v) is 9.47. The maximum atomic E-state index is 5.09. The van der Waals surface area contributed by atoms with Gasteiger partial charge in [-0.1, -0.05) is 0 Å². The van der Waals surface area contributed by atoms with Crippen molar-refractivity contribution in [2.45, 2.75) is 77.5 Å². The van der Waals surface area contributed by atoms with Gasteiger partial charge in [-0.05, 0) is 91.7 Å². The van der Waals surface area contributed by atoms with Gasteiger partial charge in [0.15, 0.2) is 22.9 Å². The zero-order valence-electron chi connectivity index (χ0n) is 30.1. The van der Waals surface area contributed by atoms with E-state index in [0.717, 1.165) is 97.6 Å². The minimum atomic E-state index is 0.138. The first kappa shape index (κ1) is 33.7. The lowest BCUT2D eigenvalue weighted by Gasteiger charge is -2.47. The van der Waals surface area contributed by atoms with Crippen LogP contribution >= 0.6 is 0 Å². The molecule has 6 aromatic heterocycles. The van der Waals surface area contributed by atoms with Crippen molar-refractivity contribution < 1.29 is 0 Å². The van der Waals surface area contributed by atoms with Crippen LogP contribution in [0.5, 0.6) is 0 Å². The number of nitrogens with one attached hydrogen (secondary N) is 4. The smallest absolute Gasteiger partial charge is 0.223 e. The van der Waals surface area contributed by atoms with Crippen molar-refractivity contribution in [3.05, 3.63) is 61.7 Å². The second-order valence-electron chi connectivity index (χ2n) is 14.0. The number of hydrogen-bond donors (Lipinski definition) is 4. The number of fused-ring (bicyclic) bond motifs is 2. The molecular formula is C36H46N16. The van der Waals surface area contributed by atoms with Crippen LogP contribution in [0.15, 0.2) is 61.7 Å². The number of piperidine rings is 2. The van der Waals surface area contributed by atoms with E-state index in [2.05, 4.69) is 77.7 Å². The Morgan fingerprint density at radius 3 is 1.42 bits per heavy atom. The molecule has 16 heteroatoms. The summed E-state index contributed by atoms with van der Waals surface area (Å²) in [6.07, 6.45) is 18.7. The summed E-state index contributed by atoms with van der Waals surface area (Å²) in [4.78, 5) is 38.8. The van der Waals surface area contributed by atoms with Crippen LogP contribution < -0.4 is 31.3 Å². The van der Waals surface area contributed by atoms with Crippen LogP contribution in [0.2, 0.25) is 0 Å². The van der Waals surface area contributed by atoms with Crippen molar-refractivity contribution >= 4 is 34.8 Å². The highest BCUT2D eigenvalue weighted by molar-refractivity contribution is 5.77. The standard InChI is InChI=1S/C36H46N16/c1-23(2)45-35-41-15-9-27(47-35)29-21-43-31-33(39-17-19-49(29)31)51(25-5-11-37-12-6-25)52(26-7-13-38-14-8-26)34-32-44-22-30(50(32)20-18-40-34)28-10-16-42-36(48-28)46-24(3)4/h9-10,15-26,37-38H,5-8,11-14H2,1-4H3,(H,41,45,47)(H,42,46,48). The number of nitrogens with zero attached hydrogens (tertiary/aromatic N) is 12. The first-order valence-corrected chi connectivity index (χ1v) is 18.3. The summed E-state index contributed by atoms with van der Waals surface area (Å²) in [5.74, 6) is 2.70. The Bertz CT molecular complexity index is 1980. The second-order valence-corrected chi connectivity index (χ2v) is 14.0. The number of hydrazine groups is 1. The van der Waals surface area contributed by atoms with Gasteiger partial charge in [-0.2, -0.15) is 0 Å². The van der Waals surface area contributed by atoms with Crippen molar-refractivity contribution in [1.29, 1.82) is 0 Å². The Balaban J connectivity index is 1.28. The molecule has 8 rings (SSSR count). The molecule has 52 heavy (non-hydrogen) atoms. The van der Waals surface area contributed by atoms with E-state index in [4.69, 9.17) is 29.9 Å². The molecule has 0 bridgehead atoms. The maximum absolute atomic E-state index is 5.09. The monoisotopic (exact) mass is 702 g/mol. The average molecular weight is 703 g/mol. The number of hydrogen-bond acceptors (Lipinski definition) is 14. The van der Waals surface area contributed by atoms with Crippen molar-refractivity contribution in [3.63, 3.8) is 0 Å². The summed E-state index contributed by atoms with van der Waals surface area (Å²) in [5, 5.41) is 18.5. The van der Waals surface area contributed by atoms with Gasteiger partial charge in [-0.25, -0.2) is 39.9 Å². The number of anilines is 4. The lowest BCUT2D eigenvalue weighted by atomic mass is 10.0. The van der Waals surface area contributed by atoms with Gasteiger partial charge >= 0.3 is 0 Å². The fraction of sp³-hybridized carbons (Fsp3) is 0.444. The first-order valence-electron chi connectivity index (χ1n) is 18.3. The Kier molecular flexibility index (Phi) is 9.47. The highest BCUT2D eigenvalue weighted by atomic mass is 15.7. The Morgan fingerprint density at radius 2 is 1.02 bits per heavy atom. The second kappa shape index (κ2) is 14.6. The predicted molar refractivity (Wildman–Crippen MR) is 202 cm³/mol. The van der Waals surface area contributed by atoms with E-state index in [-0.39, 0.29) is 24.2 Å². The van der Waals surface area contributed by atoms with Crippen LogP contribution in [0.25, 0.3) is 34.1 Å². The molecule has 16 nitrogen and oxygen atoms in total. The maximum Gasteiger partial charge on any atom is 0.223 e. The molecule has 0 radical (unpaired) electrons. The molecule has 0 saturated carbocycles. The van der Waals surface area contributed by atoms with E-state index < -0.39 is 0 Å². The average Bonchev–Trinajstić information content (AvgIpc) is 3.80. The highest BCUT2D eigenvalue weighted by Crippen LogP contribution is 2.35. The zero-order valence-corrected chi connectivity index (χ0v) is 30.1. The predicted octanol–water partition coefficient (Wildman–Crippen LogP) is 4.06. The zero-order chi connectivity index (χ0) is 35.6. The van der Waals surface area contributed by atoms with Crippen LogP contribution in [-0.2, 0) is 0 Å². The molecule has 0 amide bonds. The molecule has 2 saturated heterocycles. The van der Waals surface area contributed by atoms with E-state index in [1.54, 1.807) is 12.4 Å². The normalized spacial score (nSPS) is 15.9. The molecule has 270 valence electrons. The Morgan fingerprint density at radius 1 is 0.596 bits per heavy atom. The van der Waals surface area contributed by atoms with E-state index in [9.17, 15) is 0 Å². The number of rotatable bonds is 11. The van der Waals surface area contributed by atoms with E-state index in [1.165, 1.54) is 0 Å². The summed E-state index contributed by atoms with van der Waals surface area (Å²) in [6, 6.07) is 4.52. The molecule has 0 aliphatic carbocycles. The van der Waals surface area contributed by atoms with Gasteiger partial charge in [0.25, 0.3) is 0 Å². The third kappa shape index (κ3) is 6.66.